The van der Waals surface area contributed by atoms with Crippen molar-refractivity contribution in [3.05, 3.63) is 54.1 Å². The van der Waals surface area contributed by atoms with Crippen LogP contribution in [0.5, 0.6) is 0 Å². The number of nitrogens with one attached hydrogen (secondary N) is 1. The topological polar surface area (TPSA) is 88.2 Å². The third-order valence-electron chi connectivity index (χ3n) is 5.62. The molecule has 0 spiro atoms. The largest absolute Gasteiger partial charge is 0.378 e. The van der Waals surface area contributed by atoms with Crippen LogP contribution in [0.1, 0.15) is 24.2 Å². The molecule has 0 radical (unpaired) electrons. The van der Waals surface area contributed by atoms with E-state index in [4.69, 9.17) is 9.47 Å². The van der Waals surface area contributed by atoms with E-state index in [1.807, 2.05) is 38.1 Å². The van der Waals surface area contributed by atoms with E-state index in [-0.39, 0.29) is 41.7 Å². The number of nitrogens with zero attached hydrogens (tertiary/aromatic N) is 2. The third-order valence-corrected chi connectivity index (χ3v) is 7.45. The molecule has 4 rings (SSSR count). The summed E-state index contributed by atoms with van der Waals surface area (Å²) in [5.41, 5.74) is 1.89. The van der Waals surface area contributed by atoms with Gasteiger partial charge >= 0.3 is 0 Å². The summed E-state index contributed by atoms with van der Waals surface area (Å²) in [6.45, 7) is 7.06. The van der Waals surface area contributed by atoms with Crippen LogP contribution in [0.2, 0.25) is 0 Å². The van der Waals surface area contributed by atoms with Crippen molar-refractivity contribution in [1.82, 2.24) is 4.31 Å². The zero-order chi connectivity index (χ0) is 22.7. The minimum atomic E-state index is -3.73. The lowest BCUT2D eigenvalue weighted by Gasteiger charge is -2.34. The van der Waals surface area contributed by atoms with Gasteiger partial charge in [-0.3, -0.25) is 4.79 Å². The van der Waals surface area contributed by atoms with E-state index < -0.39 is 10.0 Å². The lowest BCUT2D eigenvalue weighted by molar-refractivity contribution is -0.0440. The SMILES string of the molecule is C[C@@H]1CN(S(=O)(=O)c2cccc(C(=O)Nc3ccccc3N3CCOCC3)c2)C[C@H](C)O1. The molecule has 9 heteroatoms. The molecule has 0 unspecified atom stereocenters. The second kappa shape index (κ2) is 9.58. The molecule has 8 nitrogen and oxygen atoms in total. The monoisotopic (exact) mass is 459 g/mol. The number of hydrogen-bond acceptors (Lipinski definition) is 6. The molecule has 2 aliphatic heterocycles. The summed E-state index contributed by atoms with van der Waals surface area (Å²) in [7, 11) is -3.73. The van der Waals surface area contributed by atoms with Gasteiger partial charge in [-0.25, -0.2) is 8.42 Å². The summed E-state index contributed by atoms with van der Waals surface area (Å²) in [6, 6.07) is 13.8. The summed E-state index contributed by atoms with van der Waals surface area (Å²) in [6.07, 6.45) is -0.367. The molecule has 0 bridgehead atoms. The first kappa shape index (κ1) is 22.7. The van der Waals surface area contributed by atoms with Gasteiger partial charge in [0.15, 0.2) is 0 Å². The lowest BCUT2D eigenvalue weighted by atomic mass is 10.2. The maximum atomic E-state index is 13.2. The van der Waals surface area contributed by atoms with E-state index >= 15 is 0 Å². The Hall–Kier alpha value is -2.46. The van der Waals surface area contributed by atoms with Crippen LogP contribution in [0.15, 0.2) is 53.4 Å². The van der Waals surface area contributed by atoms with Gasteiger partial charge in [0, 0.05) is 31.7 Å². The molecule has 2 aromatic rings. The molecule has 2 atom stereocenters. The minimum absolute atomic E-state index is 0.105. The smallest absolute Gasteiger partial charge is 0.255 e. The van der Waals surface area contributed by atoms with Gasteiger partial charge in [0.25, 0.3) is 5.91 Å². The normalized spacial score (nSPS) is 22.5. The van der Waals surface area contributed by atoms with Crippen molar-refractivity contribution in [2.45, 2.75) is 31.0 Å². The first-order chi connectivity index (χ1) is 15.3. The number of sulfonamides is 1. The van der Waals surface area contributed by atoms with Crippen LogP contribution in [0, 0.1) is 0 Å². The number of morpholine rings is 2. The highest BCUT2D eigenvalue weighted by atomic mass is 32.2. The van der Waals surface area contributed by atoms with Crippen molar-refractivity contribution < 1.29 is 22.7 Å². The Morgan fingerprint density at radius 2 is 1.69 bits per heavy atom. The quantitative estimate of drug-likeness (QED) is 0.740. The van der Waals surface area contributed by atoms with E-state index in [1.54, 1.807) is 12.1 Å². The number of ether oxygens (including phenoxy) is 2. The van der Waals surface area contributed by atoms with E-state index in [2.05, 4.69) is 10.2 Å². The van der Waals surface area contributed by atoms with Crippen molar-refractivity contribution in [2.75, 3.05) is 49.6 Å². The first-order valence-electron chi connectivity index (χ1n) is 10.8. The third kappa shape index (κ3) is 4.96. The average Bonchev–Trinajstić information content (AvgIpc) is 2.79. The molecule has 1 N–H and O–H groups in total. The molecule has 0 aromatic heterocycles. The Labute approximate surface area is 189 Å². The van der Waals surface area contributed by atoms with E-state index in [0.29, 0.717) is 18.9 Å². The molecule has 2 heterocycles. The summed E-state index contributed by atoms with van der Waals surface area (Å²) < 4.78 is 38.9. The van der Waals surface area contributed by atoms with Crippen LogP contribution in [0.3, 0.4) is 0 Å². The minimum Gasteiger partial charge on any atom is -0.378 e. The number of para-hydroxylation sites is 2. The van der Waals surface area contributed by atoms with Crippen molar-refractivity contribution >= 4 is 27.3 Å². The fraction of sp³-hybridized carbons (Fsp3) is 0.435. The zero-order valence-corrected chi connectivity index (χ0v) is 19.2. The Morgan fingerprint density at radius 1 is 1.00 bits per heavy atom. The molecule has 2 aromatic carbocycles. The van der Waals surface area contributed by atoms with Crippen LogP contribution in [0.25, 0.3) is 0 Å². The van der Waals surface area contributed by atoms with Crippen molar-refractivity contribution in [2.24, 2.45) is 0 Å². The second-order valence-electron chi connectivity index (χ2n) is 8.18. The van der Waals surface area contributed by atoms with Gasteiger partial charge in [0.05, 0.1) is 41.7 Å². The number of hydrogen-bond donors (Lipinski definition) is 1. The van der Waals surface area contributed by atoms with Gasteiger partial charge in [-0.05, 0) is 44.2 Å². The zero-order valence-electron chi connectivity index (χ0n) is 18.4. The van der Waals surface area contributed by atoms with Crippen molar-refractivity contribution in [3.63, 3.8) is 0 Å². The number of carbonyl (C=O) groups excluding carboxylic acids is 1. The van der Waals surface area contributed by atoms with E-state index in [9.17, 15) is 13.2 Å². The van der Waals surface area contributed by atoms with Crippen LogP contribution in [-0.2, 0) is 19.5 Å². The lowest BCUT2D eigenvalue weighted by Crippen LogP contribution is -2.48. The van der Waals surface area contributed by atoms with Crippen LogP contribution >= 0.6 is 0 Å². The molecule has 2 aliphatic rings. The maximum absolute atomic E-state index is 13.2. The van der Waals surface area contributed by atoms with Gasteiger partial charge in [0.2, 0.25) is 10.0 Å². The average molecular weight is 460 g/mol. The number of carbonyl (C=O) groups is 1. The van der Waals surface area contributed by atoms with Gasteiger partial charge in [-0.2, -0.15) is 4.31 Å². The highest BCUT2D eigenvalue weighted by Crippen LogP contribution is 2.27. The van der Waals surface area contributed by atoms with Gasteiger partial charge in [-0.15, -0.1) is 0 Å². The Bertz CT molecular complexity index is 1060. The van der Waals surface area contributed by atoms with Crippen LogP contribution in [0.4, 0.5) is 11.4 Å². The molecular weight excluding hydrogens is 430 g/mol. The van der Waals surface area contributed by atoms with Crippen molar-refractivity contribution in [1.29, 1.82) is 0 Å². The first-order valence-corrected chi connectivity index (χ1v) is 12.3. The van der Waals surface area contributed by atoms with Crippen molar-refractivity contribution in [3.8, 4) is 0 Å². The molecule has 1 amide bonds. The Morgan fingerprint density at radius 3 is 2.41 bits per heavy atom. The standard InChI is InChI=1S/C23H29N3O5S/c1-17-15-26(16-18(2)31-17)32(28,29)20-7-5-6-19(14-20)23(27)24-21-8-3-4-9-22(21)25-10-12-30-13-11-25/h3-9,14,17-18H,10-13,15-16H2,1-2H3,(H,24,27)/t17-,18+. The fourth-order valence-electron chi connectivity index (χ4n) is 4.13. The number of benzene rings is 2. The summed E-state index contributed by atoms with van der Waals surface area (Å²) >= 11 is 0. The second-order valence-corrected chi connectivity index (χ2v) is 10.1. The fourth-order valence-corrected chi connectivity index (χ4v) is 5.76. The maximum Gasteiger partial charge on any atom is 0.255 e. The predicted molar refractivity (Wildman–Crippen MR) is 123 cm³/mol. The predicted octanol–water partition coefficient (Wildman–Crippen LogP) is 2.57. The summed E-state index contributed by atoms with van der Waals surface area (Å²) in [5.74, 6) is -0.355. The van der Waals surface area contributed by atoms with Gasteiger partial charge in [-0.1, -0.05) is 18.2 Å². The van der Waals surface area contributed by atoms with Gasteiger partial charge in [0.1, 0.15) is 0 Å². The Balaban J connectivity index is 1.55. The molecule has 172 valence electrons. The van der Waals surface area contributed by atoms with Crippen LogP contribution < -0.4 is 10.2 Å². The Kier molecular flexibility index (Phi) is 6.80. The molecule has 0 aliphatic carbocycles. The van der Waals surface area contributed by atoms with Crippen LogP contribution in [-0.4, -0.2) is 70.2 Å². The molecule has 2 fully saturated rings. The summed E-state index contributed by atoms with van der Waals surface area (Å²) in [5, 5.41) is 2.95. The van der Waals surface area contributed by atoms with E-state index in [1.165, 1.54) is 16.4 Å². The molecule has 32 heavy (non-hydrogen) atoms. The molecular formula is C23H29N3O5S. The highest BCUT2D eigenvalue weighted by molar-refractivity contribution is 7.89. The summed E-state index contributed by atoms with van der Waals surface area (Å²) in [4.78, 5) is 15.3. The highest BCUT2D eigenvalue weighted by Gasteiger charge is 2.32. The number of rotatable bonds is 5. The van der Waals surface area contributed by atoms with Gasteiger partial charge < -0.3 is 19.7 Å². The molecule has 0 saturated carbocycles. The number of amides is 1. The van der Waals surface area contributed by atoms with E-state index in [0.717, 1.165) is 18.8 Å². The molecule has 2 saturated heterocycles. The number of anilines is 2.